The molecule has 5 nitrogen and oxygen atoms in total. The number of rotatable bonds is 2. The third-order valence-electron chi connectivity index (χ3n) is 5.83. The van der Waals surface area contributed by atoms with Gasteiger partial charge in [-0.15, -0.1) is 0 Å². The molecule has 0 saturated carbocycles. The molecule has 5 rings (SSSR count). The maximum absolute atomic E-state index is 14.3. The number of anilines is 1. The van der Waals surface area contributed by atoms with Crippen LogP contribution in [0.2, 0.25) is 5.02 Å². The van der Waals surface area contributed by atoms with Crippen LogP contribution in [0.4, 0.5) is 10.1 Å². The first-order valence-corrected chi connectivity index (χ1v) is 9.25. The summed E-state index contributed by atoms with van der Waals surface area (Å²) in [4.78, 5) is 22.2. The molecule has 3 heterocycles. The molecule has 0 radical (unpaired) electrons. The third-order valence-corrected chi connectivity index (χ3v) is 6.06. The summed E-state index contributed by atoms with van der Waals surface area (Å²) in [6.07, 6.45) is 0. The minimum absolute atomic E-state index is 0.195. The van der Waals surface area contributed by atoms with Crippen LogP contribution in [0.3, 0.4) is 0 Å². The van der Waals surface area contributed by atoms with E-state index in [4.69, 9.17) is 11.6 Å². The second kappa shape index (κ2) is 5.78. The van der Waals surface area contributed by atoms with Crippen LogP contribution in [0, 0.1) is 5.82 Å². The normalized spacial score (nSPS) is 21.7. The van der Waals surface area contributed by atoms with Crippen molar-refractivity contribution in [2.75, 3.05) is 25.0 Å². The van der Waals surface area contributed by atoms with Crippen molar-refractivity contribution < 1.29 is 4.39 Å². The van der Waals surface area contributed by atoms with E-state index in [1.54, 1.807) is 7.05 Å². The first kappa shape index (κ1) is 16.7. The third kappa shape index (κ3) is 2.40. The minimum atomic E-state index is -0.460. The van der Waals surface area contributed by atoms with Crippen LogP contribution in [-0.4, -0.2) is 46.7 Å². The highest BCUT2D eigenvalue weighted by Gasteiger charge is 2.49. The first-order valence-electron chi connectivity index (χ1n) is 8.87. The summed E-state index contributed by atoms with van der Waals surface area (Å²) in [5, 5.41) is 0.936. The van der Waals surface area contributed by atoms with Gasteiger partial charge in [-0.25, -0.2) is 9.37 Å². The molecular weight excluding hydrogens is 367 g/mol. The molecule has 2 aliphatic rings. The van der Waals surface area contributed by atoms with Gasteiger partial charge in [0, 0.05) is 36.9 Å². The average Bonchev–Trinajstić information content (AvgIpc) is 2.65. The molecule has 2 atom stereocenters. The van der Waals surface area contributed by atoms with Gasteiger partial charge >= 0.3 is 0 Å². The summed E-state index contributed by atoms with van der Waals surface area (Å²) in [6, 6.07) is 11.1. The molecule has 0 N–H and O–H groups in total. The number of fused-ring (bicyclic) bond motifs is 2. The zero-order valence-electron chi connectivity index (χ0n) is 15.0. The number of piperazine rings is 1. The second-order valence-electron chi connectivity index (χ2n) is 7.35. The van der Waals surface area contributed by atoms with Crippen LogP contribution in [0.1, 0.15) is 0 Å². The number of aromatic nitrogens is 2. The Kier molecular flexibility index (Phi) is 3.58. The maximum atomic E-state index is 14.3. The van der Waals surface area contributed by atoms with E-state index < -0.39 is 5.82 Å². The molecule has 7 heteroatoms. The van der Waals surface area contributed by atoms with Crippen LogP contribution in [0.5, 0.6) is 0 Å². The standard InChI is InChI=1S/C20H18ClFN4O/c1-24-9-18-17(24)10-26(18)12-4-6-16-14(8-12)20(27)25(2)19(23-16)13-7-11(21)3-5-15(13)22/h3-8,17-18H,9-10H2,1-2H3/t17-,18?/m1/s1. The van der Waals surface area contributed by atoms with Gasteiger partial charge in [0.25, 0.3) is 5.56 Å². The molecule has 0 spiro atoms. The van der Waals surface area contributed by atoms with Crippen molar-refractivity contribution in [2.45, 2.75) is 12.1 Å². The molecule has 1 unspecified atom stereocenters. The van der Waals surface area contributed by atoms with E-state index in [1.165, 1.54) is 22.8 Å². The largest absolute Gasteiger partial charge is 0.364 e. The molecule has 0 aliphatic carbocycles. The van der Waals surface area contributed by atoms with Gasteiger partial charge in [-0.1, -0.05) is 11.6 Å². The van der Waals surface area contributed by atoms with Gasteiger partial charge < -0.3 is 4.90 Å². The lowest BCUT2D eigenvalue weighted by Gasteiger charge is -2.62. The van der Waals surface area contributed by atoms with Gasteiger partial charge in [0.2, 0.25) is 0 Å². The van der Waals surface area contributed by atoms with Crippen LogP contribution < -0.4 is 10.5 Å². The minimum Gasteiger partial charge on any atom is -0.364 e. The van der Waals surface area contributed by atoms with E-state index in [0.29, 0.717) is 28.0 Å². The van der Waals surface area contributed by atoms with Crippen molar-refractivity contribution in [2.24, 2.45) is 7.05 Å². The Balaban J connectivity index is 1.61. The maximum Gasteiger partial charge on any atom is 0.261 e. The number of nitrogens with zero attached hydrogens (tertiary/aromatic N) is 4. The zero-order valence-corrected chi connectivity index (χ0v) is 15.7. The monoisotopic (exact) mass is 384 g/mol. The van der Waals surface area contributed by atoms with Gasteiger partial charge in [0.05, 0.1) is 22.5 Å². The van der Waals surface area contributed by atoms with Crippen molar-refractivity contribution in [3.8, 4) is 11.4 Å². The highest BCUT2D eigenvalue weighted by Crippen LogP contribution is 2.37. The van der Waals surface area contributed by atoms with Gasteiger partial charge in [0.1, 0.15) is 11.6 Å². The van der Waals surface area contributed by atoms with E-state index >= 15 is 0 Å². The second-order valence-corrected chi connectivity index (χ2v) is 7.79. The van der Waals surface area contributed by atoms with E-state index in [2.05, 4.69) is 21.8 Å². The Morgan fingerprint density at radius 3 is 2.63 bits per heavy atom. The fraction of sp³-hybridized carbons (Fsp3) is 0.300. The Hall–Kier alpha value is -2.44. The first-order chi connectivity index (χ1) is 12.9. The Morgan fingerprint density at radius 2 is 1.93 bits per heavy atom. The molecule has 0 bridgehead atoms. The number of halogens is 2. The van der Waals surface area contributed by atoms with Crippen LogP contribution >= 0.6 is 11.6 Å². The molecule has 2 aromatic carbocycles. The molecule has 138 valence electrons. The zero-order chi connectivity index (χ0) is 18.9. The van der Waals surface area contributed by atoms with Crippen molar-refractivity contribution in [3.05, 3.63) is 57.6 Å². The van der Waals surface area contributed by atoms with Crippen molar-refractivity contribution in [1.29, 1.82) is 0 Å². The number of likely N-dealkylation sites (N-methyl/N-ethyl adjacent to an activating group) is 1. The fourth-order valence-electron chi connectivity index (χ4n) is 4.12. The number of benzene rings is 2. The van der Waals surface area contributed by atoms with Crippen LogP contribution in [0.25, 0.3) is 22.3 Å². The molecule has 0 amide bonds. The lowest BCUT2D eigenvalue weighted by Crippen LogP contribution is -2.78. The smallest absolute Gasteiger partial charge is 0.261 e. The summed E-state index contributed by atoms with van der Waals surface area (Å²) in [7, 11) is 3.74. The topological polar surface area (TPSA) is 41.4 Å². The highest BCUT2D eigenvalue weighted by atomic mass is 35.5. The summed E-state index contributed by atoms with van der Waals surface area (Å²) >= 11 is 6.01. The molecule has 2 saturated heterocycles. The molecule has 2 fully saturated rings. The van der Waals surface area contributed by atoms with Crippen molar-refractivity contribution in [1.82, 2.24) is 14.5 Å². The fourth-order valence-corrected chi connectivity index (χ4v) is 4.29. The van der Waals surface area contributed by atoms with Crippen LogP contribution in [-0.2, 0) is 7.05 Å². The lowest BCUT2D eigenvalue weighted by atomic mass is 9.85. The summed E-state index contributed by atoms with van der Waals surface area (Å²) in [6.45, 7) is 2.03. The van der Waals surface area contributed by atoms with E-state index in [1.807, 2.05) is 18.2 Å². The number of hydrogen-bond donors (Lipinski definition) is 0. The SMILES string of the molecule is CN1CC2[C@H]1CN2c1ccc2nc(-c3cc(Cl)ccc3F)n(C)c(=O)c2c1. The van der Waals surface area contributed by atoms with Gasteiger partial charge in [0.15, 0.2) is 0 Å². The molecule has 27 heavy (non-hydrogen) atoms. The summed E-state index contributed by atoms with van der Waals surface area (Å²) in [5.74, 6) is -0.191. The van der Waals surface area contributed by atoms with E-state index in [9.17, 15) is 9.18 Å². The van der Waals surface area contributed by atoms with Crippen molar-refractivity contribution in [3.63, 3.8) is 0 Å². The van der Waals surface area contributed by atoms with Gasteiger partial charge in [-0.3, -0.25) is 14.3 Å². The van der Waals surface area contributed by atoms with E-state index in [-0.39, 0.29) is 16.9 Å². The molecule has 1 aromatic heterocycles. The molecule has 2 aliphatic heterocycles. The highest BCUT2D eigenvalue weighted by molar-refractivity contribution is 6.30. The Bertz CT molecular complexity index is 1140. The lowest BCUT2D eigenvalue weighted by molar-refractivity contribution is 0.0369. The van der Waals surface area contributed by atoms with E-state index in [0.717, 1.165) is 18.8 Å². The number of hydrogen-bond acceptors (Lipinski definition) is 4. The van der Waals surface area contributed by atoms with Crippen molar-refractivity contribution >= 4 is 28.2 Å². The van der Waals surface area contributed by atoms with Crippen LogP contribution in [0.15, 0.2) is 41.2 Å². The molecular formula is C20H18ClFN4O. The van der Waals surface area contributed by atoms with Gasteiger partial charge in [-0.05, 0) is 43.4 Å². The Morgan fingerprint density at radius 1 is 1.11 bits per heavy atom. The Labute approximate surface area is 160 Å². The predicted molar refractivity (Wildman–Crippen MR) is 105 cm³/mol. The number of likely N-dealkylation sites (tertiary alicyclic amines) is 1. The average molecular weight is 385 g/mol. The summed E-state index contributed by atoms with van der Waals surface area (Å²) in [5.41, 5.74) is 1.62. The quantitative estimate of drug-likeness (QED) is 0.681. The summed E-state index contributed by atoms with van der Waals surface area (Å²) < 4.78 is 15.7. The van der Waals surface area contributed by atoms with Gasteiger partial charge in [-0.2, -0.15) is 0 Å². The predicted octanol–water partition coefficient (Wildman–Crippen LogP) is 2.90. The molecule has 3 aromatic rings.